The Morgan fingerprint density at radius 1 is 1.24 bits per heavy atom. The van der Waals surface area contributed by atoms with Gasteiger partial charge in [0.05, 0.1) is 6.61 Å². The van der Waals surface area contributed by atoms with Crippen LogP contribution in [-0.2, 0) is 4.79 Å². The highest BCUT2D eigenvalue weighted by atomic mass is 35.5. The van der Waals surface area contributed by atoms with Crippen LogP contribution in [0.1, 0.15) is 31.0 Å². The fraction of sp³-hybridized carbons (Fsp3) is 0.263. The van der Waals surface area contributed by atoms with Crippen molar-refractivity contribution in [2.45, 2.75) is 25.8 Å². The van der Waals surface area contributed by atoms with E-state index in [1.807, 2.05) is 37.3 Å². The number of pyridine rings is 1. The van der Waals surface area contributed by atoms with E-state index < -0.39 is 0 Å². The number of aromatic nitrogens is 1. The van der Waals surface area contributed by atoms with E-state index in [0.717, 1.165) is 23.3 Å². The van der Waals surface area contributed by atoms with E-state index in [1.54, 1.807) is 12.1 Å². The second kappa shape index (κ2) is 7.57. The Balaban J connectivity index is 2.01. The minimum atomic E-state index is -0.341. The van der Waals surface area contributed by atoms with E-state index in [1.165, 1.54) is 0 Å². The smallest absolute Gasteiger partial charge is 0.267 e. The first kappa shape index (κ1) is 17.3. The number of hydrogen-bond acceptors (Lipinski definition) is 3. The number of benzene rings is 1. The lowest BCUT2D eigenvalue weighted by Crippen LogP contribution is -2.23. The number of hydrogen-bond donors (Lipinski definition) is 2. The molecule has 6 heteroatoms. The summed E-state index contributed by atoms with van der Waals surface area (Å²) >= 11 is 5.84. The summed E-state index contributed by atoms with van der Waals surface area (Å²) in [5, 5.41) is 3.07. The normalized spacial score (nSPS) is 17.4. The molecule has 5 nitrogen and oxygen atoms in total. The molecule has 1 aromatic heterocycles. The van der Waals surface area contributed by atoms with Gasteiger partial charge in [-0.3, -0.25) is 9.59 Å². The number of ether oxygens (including phenoxy) is 1. The lowest BCUT2D eigenvalue weighted by molar-refractivity contribution is -0.119. The van der Waals surface area contributed by atoms with Crippen LogP contribution in [0.25, 0.3) is 5.57 Å². The fourth-order valence-electron chi connectivity index (χ4n) is 2.82. The Bertz CT molecular complexity index is 856. The van der Waals surface area contributed by atoms with Gasteiger partial charge in [0.25, 0.3) is 5.56 Å². The van der Waals surface area contributed by atoms with Crippen molar-refractivity contribution in [3.8, 4) is 5.75 Å². The number of halogens is 1. The van der Waals surface area contributed by atoms with Crippen LogP contribution >= 0.6 is 11.6 Å². The van der Waals surface area contributed by atoms with Crippen molar-refractivity contribution in [3.05, 3.63) is 69.1 Å². The average molecular weight is 359 g/mol. The third kappa shape index (κ3) is 4.12. The van der Waals surface area contributed by atoms with Gasteiger partial charge in [0, 0.05) is 23.7 Å². The van der Waals surface area contributed by atoms with E-state index >= 15 is 0 Å². The molecule has 0 saturated carbocycles. The van der Waals surface area contributed by atoms with Gasteiger partial charge < -0.3 is 15.0 Å². The van der Waals surface area contributed by atoms with Gasteiger partial charge in [-0.15, -0.1) is 0 Å². The zero-order valence-electron chi connectivity index (χ0n) is 13.8. The summed E-state index contributed by atoms with van der Waals surface area (Å²) in [6, 6.07) is 10.9. The highest BCUT2D eigenvalue weighted by molar-refractivity contribution is 6.30. The van der Waals surface area contributed by atoms with Crippen molar-refractivity contribution in [2.75, 3.05) is 6.61 Å². The predicted octanol–water partition coefficient (Wildman–Crippen LogP) is 3.14. The topological polar surface area (TPSA) is 71.2 Å². The molecule has 1 aliphatic heterocycles. The number of aromatic amines is 1. The lowest BCUT2D eigenvalue weighted by Gasteiger charge is -2.13. The zero-order chi connectivity index (χ0) is 17.8. The molecule has 2 N–H and O–H groups in total. The van der Waals surface area contributed by atoms with Crippen LogP contribution in [0.2, 0.25) is 5.02 Å². The molecule has 1 atom stereocenters. The molecule has 1 fully saturated rings. The molecule has 2 heterocycles. The molecule has 1 aromatic carbocycles. The molecule has 0 bridgehead atoms. The van der Waals surface area contributed by atoms with Crippen molar-refractivity contribution in [1.29, 1.82) is 0 Å². The molecule has 3 rings (SSSR count). The van der Waals surface area contributed by atoms with E-state index in [2.05, 4.69) is 10.3 Å². The molecular formula is C19H19ClN2O3. The number of carbonyl (C=O) groups is 1. The first-order valence-electron chi connectivity index (χ1n) is 8.20. The Morgan fingerprint density at radius 2 is 2.00 bits per heavy atom. The van der Waals surface area contributed by atoms with Crippen LogP contribution in [0, 0.1) is 0 Å². The molecule has 130 valence electrons. The summed E-state index contributed by atoms with van der Waals surface area (Å²) in [6.07, 6.45) is 3.21. The van der Waals surface area contributed by atoms with Crippen molar-refractivity contribution in [2.24, 2.45) is 0 Å². The Labute approximate surface area is 150 Å². The van der Waals surface area contributed by atoms with E-state index in [4.69, 9.17) is 16.3 Å². The molecule has 2 aromatic rings. The maximum Gasteiger partial charge on any atom is 0.267 e. The first-order valence-corrected chi connectivity index (χ1v) is 8.58. The van der Waals surface area contributed by atoms with Gasteiger partial charge in [0.15, 0.2) is 0 Å². The Hall–Kier alpha value is -2.53. The van der Waals surface area contributed by atoms with Gasteiger partial charge in [-0.1, -0.05) is 29.8 Å². The van der Waals surface area contributed by atoms with Crippen LogP contribution in [0.3, 0.4) is 0 Å². The quantitative estimate of drug-likeness (QED) is 0.862. The maximum atomic E-state index is 11.9. The largest absolute Gasteiger partial charge is 0.494 e. The van der Waals surface area contributed by atoms with Gasteiger partial charge in [0.1, 0.15) is 10.8 Å². The molecular weight excluding hydrogens is 340 g/mol. The minimum Gasteiger partial charge on any atom is -0.494 e. The first-order chi connectivity index (χ1) is 12.1. The highest BCUT2D eigenvalue weighted by Gasteiger charge is 2.20. The number of nitrogens with one attached hydrogen (secondary N) is 2. The van der Waals surface area contributed by atoms with Gasteiger partial charge in [-0.2, -0.15) is 0 Å². The summed E-state index contributed by atoms with van der Waals surface area (Å²) < 4.78 is 5.48. The lowest BCUT2D eigenvalue weighted by atomic mass is 9.99. The molecule has 1 amide bonds. The van der Waals surface area contributed by atoms with Gasteiger partial charge >= 0.3 is 0 Å². The predicted molar refractivity (Wildman–Crippen MR) is 97.9 cm³/mol. The highest BCUT2D eigenvalue weighted by Crippen LogP contribution is 2.26. The molecule has 1 aliphatic rings. The van der Waals surface area contributed by atoms with E-state index in [-0.39, 0.29) is 22.5 Å². The minimum absolute atomic E-state index is 0.0388. The molecule has 0 spiro atoms. The number of rotatable bonds is 5. The van der Waals surface area contributed by atoms with Crippen LogP contribution in [-0.4, -0.2) is 23.5 Å². The fourth-order valence-corrected chi connectivity index (χ4v) is 2.93. The third-order valence-electron chi connectivity index (χ3n) is 4.02. The van der Waals surface area contributed by atoms with Crippen molar-refractivity contribution < 1.29 is 9.53 Å². The summed E-state index contributed by atoms with van der Waals surface area (Å²) in [4.78, 5) is 26.2. The zero-order valence-corrected chi connectivity index (χ0v) is 14.6. The van der Waals surface area contributed by atoms with Gasteiger partial charge in [0.2, 0.25) is 5.91 Å². The van der Waals surface area contributed by atoms with Crippen LogP contribution in [0.15, 0.2) is 47.3 Å². The van der Waals surface area contributed by atoms with Crippen LogP contribution in [0.4, 0.5) is 0 Å². The Morgan fingerprint density at radius 3 is 2.60 bits per heavy atom. The monoisotopic (exact) mass is 358 g/mol. The molecule has 0 unspecified atom stereocenters. The number of amides is 1. The number of H-pyrrole nitrogens is 1. The second-order valence-corrected chi connectivity index (χ2v) is 6.21. The molecule has 0 aliphatic carbocycles. The Kier molecular flexibility index (Phi) is 5.24. The van der Waals surface area contributed by atoms with Crippen LogP contribution < -0.4 is 15.6 Å². The summed E-state index contributed by atoms with van der Waals surface area (Å²) in [5.41, 5.74) is 2.07. The number of carbonyl (C=O) groups excluding carboxylic acids is 1. The standard InChI is InChI=1S/C19H19ClN2O3/c1-2-25-14-6-3-12(4-7-14)15(11-13-5-10-18(23)21-13)17-9-8-16(20)19(24)22-17/h3-4,6-9,11,13H,2,5,10H2,1H3,(H,21,23)(H,22,24)/t13-/m1/s1. The SMILES string of the molecule is CCOc1ccc(C(=C[C@H]2CCC(=O)N2)c2ccc(Cl)c(=O)[nH]2)cc1. The molecule has 0 radical (unpaired) electrons. The molecule has 1 saturated heterocycles. The molecule has 25 heavy (non-hydrogen) atoms. The average Bonchev–Trinajstić information content (AvgIpc) is 3.02. The van der Waals surface area contributed by atoms with E-state index in [0.29, 0.717) is 18.7 Å². The summed E-state index contributed by atoms with van der Waals surface area (Å²) in [6.45, 7) is 2.53. The van der Waals surface area contributed by atoms with Gasteiger partial charge in [-0.25, -0.2) is 0 Å². The summed E-state index contributed by atoms with van der Waals surface area (Å²) in [7, 11) is 0. The maximum absolute atomic E-state index is 11.9. The second-order valence-electron chi connectivity index (χ2n) is 5.80. The summed E-state index contributed by atoms with van der Waals surface area (Å²) in [5.74, 6) is 0.821. The van der Waals surface area contributed by atoms with Crippen molar-refractivity contribution in [3.63, 3.8) is 0 Å². The third-order valence-corrected chi connectivity index (χ3v) is 4.32. The van der Waals surface area contributed by atoms with E-state index in [9.17, 15) is 9.59 Å². The van der Waals surface area contributed by atoms with Crippen molar-refractivity contribution >= 4 is 23.1 Å². The van der Waals surface area contributed by atoms with Crippen LogP contribution in [0.5, 0.6) is 5.75 Å². The van der Waals surface area contributed by atoms with Gasteiger partial charge in [-0.05, 0) is 43.2 Å². The van der Waals surface area contributed by atoms with Crippen molar-refractivity contribution in [1.82, 2.24) is 10.3 Å².